The molecule has 2 aliphatic rings. The maximum atomic E-state index is 12.6. The van der Waals surface area contributed by atoms with Crippen molar-refractivity contribution in [1.29, 1.82) is 0 Å². The van der Waals surface area contributed by atoms with Gasteiger partial charge in [0, 0.05) is 13.1 Å². The van der Waals surface area contributed by atoms with Crippen LogP contribution in [0.1, 0.15) is 13.3 Å². The summed E-state index contributed by atoms with van der Waals surface area (Å²) in [5.41, 5.74) is 0.745. The molecule has 1 aromatic rings. The molecule has 1 amide bonds. The van der Waals surface area contributed by atoms with E-state index < -0.39 is 10.1 Å². The van der Waals surface area contributed by atoms with Crippen molar-refractivity contribution in [2.24, 2.45) is 0 Å². The van der Waals surface area contributed by atoms with Crippen LogP contribution in [0.15, 0.2) is 35.1 Å². The number of rotatable bonds is 5. The number of hydrogen-bond acceptors (Lipinski definition) is 7. The predicted octanol–water partition coefficient (Wildman–Crippen LogP) is 2.21. The van der Waals surface area contributed by atoms with Crippen molar-refractivity contribution < 1.29 is 22.5 Å². The van der Waals surface area contributed by atoms with Crippen LogP contribution in [-0.4, -0.2) is 46.9 Å². The highest BCUT2D eigenvalue weighted by molar-refractivity contribution is 8.26. The molecule has 1 aromatic carbocycles. The topological polar surface area (TPSA) is 87.2 Å². The molecule has 0 atom stereocenters. The maximum Gasteiger partial charge on any atom is 0.271 e. The second kappa shape index (κ2) is 6.94. The van der Waals surface area contributed by atoms with Crippen LogP contribution in [0.3, 0.4) is 0 Å². The van der Waals surface area contributed by atoms with Gasteiger partial charge >= 0.3 is 0 Å². The number of amides is 1. The molecular formula is C15H16N2O5S3. The Balaban J connectivity index is 1.94. The summed E-state index contributed by atoms with van der Waals surface area (Å²) in [6, 6.07) is 7.25. The fraction of sp³-hybridized carbons (Fsp3) is 0.333. The molecule has 0 aromatic heterocycles. The minimum absolute atomic E-state index is 0.189. The average Bonchev–Trinajstić information content (AvgIpc) is 3.04. The Morgan fingerprint density at radius 1 is 1.28 bits per heavy atom. The van der Waals surface area contributed by atoms with Gasteiger partial charge in [0.25, 0.3) is 16.0 Å². The van der Waals surface area contributed by atoms with Crippen molar-refractivity contribution >= 4 is 50.0 Å². The lowest BCUT2D eigenvalue weighted by molar-refractivity contribution is -0.122. The molecule has 0 spiro atoms. The molecule has 7 nitrogen and oxygen atoms in total. The van der Waals surface area contributed by atoms with E-state index in [0.717, 1.165) is 5.69 Å². The SMILES string of the molecule is CCN1C(=O)C(=C2Oc3ccccc3N2CCCS(=O)(=O)O)SC1=S. The lowest BCUT2D eigenvalue weighted by Crippen LogP contribution is -2.30. The lowest BCUT2D eigenvalue weighted by atomic mass is 10.2. The number of fused-ring (bicyclic) bond motifs is 1. The van der Waals surface area contributed by atoms with Crippen LogP contribution in [0.5, 0.6) is 5.75 Å². The number of benzene rings is 1. The van der Waals surface area contributed by atoms with Crippen molar-refractivity contribution in [2.75, 3.05) is 23.7 Å². The molecule has 25 heavy (non-hydrogen) atoms. The summed E-state index contributed by atoms with van der Waals surface area (Å²) in [6.45, 7) is 2.59. The van der Waals surface area contributed by atoms with E-state index in [0.29, 0.717) is 27.4 Å². The van der Waals surface area contributed by atoms with Gasteiger partial charge in [-0.05, 0) is 37.2 Å². The van der Waals surface area contributed by atoms with Crippen LogP contribution in [-0.2, 0) is 14.9 Å². The normalized spacial score (nSPS) is 20.2. The van der Waals surface area contributed by atoms with Gasteiger partial charge in [-0.15, -0.1) is 0 Å². The number of thioether (sulfide) groups is 1. The van der Waals surface area contributed by atoms with Crippen LogP contribution < -0.4 is 9.64 Å². The van der Waals surface area contributed by atoms with Gasteiger partial charge in [0.05, 0.1) is 11.4 Å². The molecular weight excluding hydrogens is 384 g/mol. The number of thiocarbonyl (C=S) groups is 1. The molecule has 2 aliphatic heterocycles. The van der Waals surface area contributed by atoms with E-state index in [1.165, 1.54) is 16.7 Å². The summed E-state index contributed by atoms with van der Waals surface area (Å²) in [6.07, 6.45) is 0.189. The highest BCUT2D eigenvalue weighted by Crippen LogP contribution is 2.44. The van der Waals surface area contributed by atoms with Gasteiger partial charge in [-0.2, -0.15) is 8.42 Å². The minimum atomic E-state index is -4.05. The Morgan fingerprint density at radius 3 is 2.64 bits per heavy atom. The maximum absolute atomic E-state index is 12.6. The van der Waals surface area contributed by atoms with Crippen LogP contribution in [0.2, 0.25) is 0 Å². The monoisotopic (exact) mass is 400 g/mol. The molecule has 0 aliphatic carbocycles. The second-order valence-corrected chi connectivity index (χ2v) is 8.63. The molecule has 0 saturated carbocycles. The molecule has 0 unspecified atom stereocenters. The van der Waals surface area contributed by atoms with E-state index in [9.17, 15) is 13.2 Å². The third-order valence-corrected chi connectivity index (χ3v) is 5.97. The number of hydrogen-bond donors (Lipinski definition) is 1. The summed E-state index contributed by atoms with van der Waals surface area (Å²) in [5.74, 6) is 0.352. The number of carbonyl (C=O) groups excluding carboxylic acids is 1. The van der Waals surface area contributed by atoms with E-state index in [-0.39, 0.29) is 24.6 Å². The Kier molecular flexibility index (Phi) is 5.05. The van der Waals surface area contributed by atoms with Gasteiger partial charge in [0.1, 0.15) is 9.23 Å². The van der Waals surface area contributed by atoms with Crippen molar-refractivity contribution in [2.45, 2.75) is 13.3 Å². The minimum Gasteiger partial charge on any atom is -0.437 e. The molecule has 0 radical (unpaired) electrons. The lowest BCUT2D eigenvalue weighted by Gasteiger charge is -2.19. The fourth-order valence-corrected chi connectivity index (χ4v) is 4.52. The van der Waals surface area contributed by atoms with Crippen molar-refractivity contribution in [3.05, 3.63) is 35.1 Å². The van der Waals surface area contributed by atoms with Gasteiger partial charge in [-0.25, -0.2) is 0 Å². The zero-order chi connectivity index (χ0) is 18.2. The van der Waals surface area contributed by atoms with Crippen molar-refractivity contribution in [3.63, 3.8) is 0 Å². The Labute approximate surface area is 155 Å². The summed E-state index contributed by atoms with van der Waals surface area (Å²) in [4.78, 5) is 16.2. The van der Waals surface area contributed by atoms with Gasteiger partial charge in [0.2, 0.25) is 5.88 Å². The first-order valence-electron chi connectivity index (χ1n) is 7.59. The summed E-state index contributed by atoms with van der Waals surface area (Å²) in [7, 11) is -4.05. The smallest absolute Gasteiger partial charge is 0.271 e. The third-order valence-electron chi connectivity index (χ3n) is 3.75. The fourth-order valence-electron chi connectivity index (χ4n) is 2.63. The van der Waals surface area contributed by atoms with E-state index in [1.807, 2.05) is 25.1 Å². The number of carbonyl (C=O) groups is 1. The van der Waals surface area contributed by atoms with Crippen molar-refractivity contribution in [3.8, 4) is 5.75 Å². The molecule has 1 saturated heterocycles. The Bertz CT molecular complexity index is 866. The molecule has 134 valence electrons. The van der Waals surface area contributed by atoms with Gasteiger partial charge in [-0.3, -0.25) is 14.2 Å². The molecule has 0 bridgehead atoms. The van der Waals surface area contributed by atoms with E-state index in [2.05, 4.69) is 0 Å². The molecule has 10 heteroatoms. The highest BCUT2D eigenvalue weighted by Gasteiger charge is 2.39. The van der Waals surface area contributed by atoms with Crippen LogP contribution in [0.4, 0.5) is 5.69 Å². The van der Waals surface area contributed by atoms with E-state index >= 15 is 0 Å². The Hall–Kier alpha value is -1.62. The molecule has 2 heterocycles. The van der Waals surface area contributed by atoms with Gasteiger partial charge in [-0.1, -0.05) is 24.4 Å². The van der Waals surface area contributed by atoms with Crippen LogP contribution in [0, 0.1) is 0 Å². The number of ether oxygens (including phenoxy) is 1. The standard InChI is InChI=1S/C15H16N2O5S3/c1-2-16-13(18)12(24-15(16)23)14-17(8-5-9-25(19,20)21)10-6-3-4-7-11(10)22-14/h3-4,6-7H,2,5,8-9H2,1H3,(H,19,20,21). The first-order valence-corrected chi connectivity index (χ1v) is 10.4. The first-order chi connectivity index (χ1) is 11.8. The van der Waals surface area contributed by atoms with Gasteiger partial charge < -0.3 is 9.64 Å². The molecule has 1 fully saturated rings. The third kappa shape index (κ3) is 3.66. The summed E-state index contributed by atoms with van der Waals surface area (Å²) >= 11 is 6.41. The number of para-hydroxylation sites is 2. The molecule has 3 rings (SSSR count). The largest absolute Gasteiger partial charge is 0.437 e. The van der Waals surface area contributed by atoms with E-state index in [1.54, 1.807) is 11.0 Å². The summed E-state index contributed by atoms with van der Waals surface area (Å²) < 4.78 is 37.2. The van der Waals surface area contributed by atoms with E-state index in [4.69, 9.17) is 21.5 Å². The average molecular weight is 401 g/mol. The highest BCUT2D eigenvalue weighted by atomic mass is 32.2. The van der Waals surface area contributed by atoms with Crippen LogP contribution in [0.25, 0.3) is 0 Å². The van der Waals surface area contributed by atoms with Crippen LogP contribution >= 0.6 is 24.0 Å². The number of nitrogens with zero attached hydrogens (tertiary/aromatic N) is 2. The summed E-state index contributed by atoms with van der Waals surface area (Å²) in [5, 5.41) is 0. The first kappa shape index (κ1) is 18.2. The zero-order valence-electron chi connectivity index (χ0n) is 13.3. The van der Waals surface area contributed by atoms with Crippen molar-refractivity contribution in [1.82, 2.24) is 4.90 Å². The Morgan fingerprint density at radius 2 is 2.00 bits per heavy atom. The zero-order valence-corrected chi connectivity index (χ0v) is 15.8. The van der Waals surface area contributed by atoms with Gasteiger partial charge in [0.15, 0.2) is 5.75 Å². The number of anilines is 1. The number of likely N-dealkylation sites (N-methyl/N-ethyl adjacent to an activating group) is 1. The molecule has 1 N–H and O–H groups in total. The quantitative estimate of drug-likeness (QED) is 0.457. The predicted molar refractivity (Wildman–Crippen MR) is 100 cm³/mol. The second-order valence-electron chi connectivity index (χ2n) is 5.41.